The van der Waals surface area contributed by atoms with Gasteiger partial charge in [-0.25, -0.2) is 8.42 Å². The van der Waals surface area contributed by atoms with Crippen LogP contribution in [0.15, 0.2) is 57.9 Å². The van der Waals surface area contributed by atoms with E-state index in [4.69, 9.17) is 0 Å². The maximum Gasteiger partial charge on any atom is 0.185 e. The highest BCUT2D eigenvalue weighted by atomic mass is 79.9. The van der Waals surface area contributed by atoms with Crippen molar-refractivity contribution in [2.75, 3.05) is 5.75 Å². The minimum atomic E-state index is -3.63. The lowest BCUT2D eigenvalue weighted by molar-refractivity contribution is 0.102. The van der Waals surface area contributed by atoms with Crippen LogP contribution in [0.25, 0.3) is 0 Å². The van der Waals surface area contributed by atoms with Gasteiger partial charge in [0.1, 0.15) is 5.75 Å². The Hall–Kier alpha value is -1.46. The van der Waals surface area contributed by atoms with E-state index in [2.05, 4.69) is 36.7 Å². The fraction of sp³-hybridized carbons (Fsp3) is 0.278. The Bertz CT molecular complexity index is 799. The van der Waals surface area contributed by atoms with Crippen LogP contribution >= 0.6 is 15.9 Å². The third-order valence-corrected chi connectivity index (χ3v) is 5.73. The van der Waals surface area contributed by atoms with E-state index in [9.17, 15) is 13.2 Å². The molecule has 0 aliphatic rings. The lowest BCUT2D eigenvalue weighted by Crippen LogP contribution is -2.17. The zero-order valence-corrected chi connectivity index (χ0v) is 15.7. The molecule has 0 saturated heterocycles. The first-order chi connectivity index (χ1) is 10.6. The quantitative estimate of drug-likeness (QED) is 0.721. The van der Waals surface area contributed by atoms with Gasteiger partial charge in [0.15, 0.2) is 15.6 Å². The molecule has 0 aliphatic heterocycles. The summed E-state index contributed by atoms with van der Waals surface area (Å²) in [6.07, 6.45) is 0. The van der Waals surface area contributed by atoms with Crippen LogP contribution in [0.5, 0.6) is 0 Å². The monoisotopic (exact) mass is 394 g/mol. The lowest BCUT2D eigenvalue weighted by atomic mass is 9.86. The fourth-order valence-electron chi connectivity index (χ4n) is 2.14. The number of sulfone groups is 1. The van der Waals surface area contributed by atoms with Gasteiger partial charge in [0.05, 0.1) is 4.90 Å². The summed E-state index contributed by atoms with van der Waals surface area (Å²) in [7, 11) is -3.63. The molecule has 0 N–H and O–H groups in total. The Morgan fingerprint density at radius 2 is 1.48 bits per heavy atom. The molecule has 0 fully saturated rings. The summed E-state index contributed by atoms with van der Waals surface area (Å²) < 4.78 is 25.4. The predicted octanol–water partition coefficient (Wildman–Crippen LogP) is 4.40. The smallest absolute Gasteiger partial charge is 0.185 e. The Labute approximate surface area is 145 Å². The fourth-order valence-corrected chi connectivity index (χ4v) is 3.63. The number of benzene rings is 2. The van der Waals surface area contributed by atoms with E-state index in [1.165, 1.54) is 12.1 Å². The summed E-state index contributed by atoms with van der Waals surface area (Å²) >= 11 is 3.26. The molecule has 0 unspecified atom stereocenters. The second-order valence-electron chi connectivity index (χ2n) is 6.46. The third-order valence-electron chi connectivity index (χ3n) is 3.57. The number of carbonyl (C=O) groups excluding carboxylic acids is 1. The highest BCUT2D eigenvalue weighted by Gasteiger charge is 2.21. The standard InChI is InChI=1S/C18H19BrO3S/c1-18(2,3)14-6-4-13(5-7-14)17(20)12-23(21,22)16-10-8-15(19)9-11-16/h4-11H,12H2,1-3H3. The van der Waals surface area contributed by atoms with Gasteiger partial charge in [0, 0.05) is 10.0 Å². The predicted molar refractivity (Wildman–Crippen MR) is 95.7 cm³/mol. The summed E-state index contributed by atoms with van der Waals surface area (Å²) in [5, 5.41) is 0. The topological polar surface area (TPSA) is 51.2 Å². The number of hydrogen-bond acceptors (Lipinski definition) is 3. The maximum absolute atomic E-state index is 12.3. The van der Waals surface area contributed by atoms with Crippen molar-refractivity contribution in [2.45, 2.75) is 31.1 Å². The highest BCUT2D eigenvalue weighted by Crippen LogP contribution is 2.23. The molecule has 0 atom stereocenters. The van der Waals surface area contributed by atoms with E-state index in [0.717, 1.165) is 10.0 Å². The van der Waals surface area contributed by atoms with E-state index in [-0.39, 0.29) is 10.3 Å². The molecular weight excluding hydrogens is 376 g/mol. The van der Waals surface area contributed by atoms with Gasteiger partial charge < -0.3 is 0 Å². The van der Waals surface area contributed by atoms with Crippen molar-refractivity contribution in [1.29, 1.82) is 0 Å². The molecule has 5 heteroatoms. The minimum Gasteiger partial charge on any atom is -0.293 e. The summed E-state index contributed by atoms with van der Waals surface area (Å²) in [5.41, 5.74) is 1.51. The van der Waals surface area contributed by atoms with Crippen LogP contribution in [-0.4, -0.2) is 20.0 Å². The third kappa shape index (κ3) is 4.52. The molecule has 2 aromatic rings. The largest absolute Gasteiger partial charge is 0.293 e. The molecule has 2 rings (SSSR count). The van der Waals surface area contributed by atoms with E-state index < -0.39 is 21.4 Å². The molecule has 0 radical (unpaired) electrons. The van der Waals surface area contributed by atoms with Crippen molar-refractivity contribution in [3.05, 3.63) is 64.1 Å². The first kappa shape index (κ1) is 17.9. The zero-order chi connectivity index (χ0) is 17.3. The van der Waals surface area contributed by atoms with Crippen molar-refractivity contribution >= 4 is 31.6 Å². The average molecular weight is 395 g/mol. The van der Waals surface area contributed by atoms with Gasteiger partial charge in [-0.3, -0.25) is 4.79 Å². The van der Waals surface area contributed by atoms with Crippen molar-refractivity contribution in [2.24, 2.45) is 0 Å². The molecule has 0 aromatic heterocycles. The molecule has 0 heterocycles. The van der Waals surface area contributed by atoms with Gasteiger partial charge in [-0.1, -0.05) is 61.0 Å². The maximum atomic E-state index is 12.3. The zero-order valence-electron chi connectivity index (χ0n) is 13.3. The first-order valence-electron chi connectivity index (χ1n) is 7.22. The molecule has 3 nitrogen and oxygen atoms in total. The molecule has 0 spiro atoms. The van der Waals surface area contributed by atoms with Crippen LogP contribution in [0.2, 0.25) is 0 Å². The Balaban J connectivity index is 2.19. The summed E-state index contributed by atoms with van der Waals surface area (Å²) in [5.74, 6) is -0.919. The Morgan fingerprint density at radius 3 is 1.96 bits per heavy atom. The number of Topliss-reactive ketones (excluding diaryl/α,β-unsaturated/α-hetero) is 1. The molecule has 0 amide bonds. The van der Waals surface area contributed by atoms with Crippen LogP contribution < -0.4 is 0 Å². The van der Waals surface area contributed by atoms with Gasteiger partial charge in [0.25, 0.3) is 0 Å². The van der Waals surface area contributed by atoms with Crippen LogP contribution in [0, 0.1) is 0 Å². The van der Waals surface area contributed by atoms with Gasteiger partial charge in [-0.15, -0.1) is 0 Å². The lowest BCUT2D eigenvalue weighted by Gasteiger charge is -2.19. The number of ketones is 1. The van der Waals surface area contributed by atoms with Gasteiger partial charge >= 0.3 is 0 Å². The van der Waals surface area contributed by atoms with E-state index >= 15 is 0 Å². The highest BCUT2D eigenvalue weighted by molar-refractivity contribution is 9.10. The Morgan fingerprint density at radius 1 is 0.957 bits per heavy atom. The summed E-state index contributed by atoms with van der Waals surface area (Å²) in [6.45, 7) is 6.26. The summed E-state index contributed by atoms with van der Waals surface area (Å²) in [6, 6.07) is 13.4. The number of halogens is 1. The second-order valence-corrected chi connectivity index (χ2v) is 9.37. The van der Waals surface area contributed by atoms with Gasteiger partial charge in [-0.2, -0.15) is 0 Å². The van der Waals surface area contributed by atoms with Crippen LogP contribution in [0.3, 0.4) is 0 Å². The normalized spacial score (nSPS) is 12.2. The minimum absolute atomic E-state index is 0.00885. The van der Waals surface area contributed by atoms with E-state index in [0.29, 0.717) is 5.56 Å². The molecule has 0 saturated carbocycles. The Kier molecular flexibility index (Phi) is 5.11. The summed E-state index contributed by atoms with van der Waals surface area (Å²) in [4.78, 5) is 12.4. The van der Waals surface area contributed by atoms with Crippen molar-refractivity contribution in [3.8, 4) is 0 Å². The van der Waals surface area contributed by atoms with E-state index in [1.807, 2.05) is 12.1 Å². The van der Waals surface area contributed by atoms with Crippen LogP contribution in [-0.2, 0) is 15.3 Å². The van der Waals surface area contributed by atoms with Crippen LogP contribution in [0.1, 0.15) is 36.7 Å². The molecule has 122 valence electrons. The SMILES string of the molecule is CC(C)(C)c1ccc(C(=O)CS(=O)(=O)c2ccc(Br)cc2)cc1. The van der Waals surface area contributed by atoms with Gasteiger partial charge in [-0.05, 0) is 35.2 Å². The number of carbonyl (C=O) groups is 1. The van der Waals surface area contributed by atoms with Crippen LogP contribution in [0.4, 0.5) is 0 Å². The molecule has 0 aliphatic carbocycles. The molecule has 2 aromatic carbocycles. The van der Waals surface area contributed by atoms with Gasteiger partial charge in [0.2, 0.25) is 0 Å². The van der Waals surface area contributed by atoms with Crippen molar-refractivity contribution in [1.82, 2.24) is 0 Å². The molecule has 23 heavy (non-hydrogen) atoms. The van der Waals surface area contributed by atoms with Crippen molar-refractivity contribution < 1.29 is 13.2 Å². The number of rotatable bonds is 4. The second kappa shape index (κ2) is 6.57. The molecule has 0 bridgehead atoms. The van der Waals surface area contributed by atoms with Crippen molar-refractivity contribution in [3.63, 3.8) is 0 Å². The van der Waals surface area contributed by atoms with E-state index in [1.54, 1.807) is 24.3 Å². The number of hydrogen-bond donors (Lipinski definition) is 0. The molecular formula is C18H19BrO3S. The average Bonchev–Trinajstić information content (AvgIpc) is 2.46. The first-order valence-corrected chi connectivity index (χ1v) is 9.66.